The zero-order valence-electron chi connectivity index (χ0n) is 8.06. The summed E-state index contributed by atoms with van der Waals surface area (Å²) in [6.45, 7) is 0. The molecule has 14 heavy (non-hydrogen) atoms. The number of carbonyl (C=O) groups excluding carboxylic acids is 1. The lowest BCUT2D eigenvalue weighted by atomic mass is 10.1. The third kappa shape index (κ3) is 2.32. The van der Waals surface area contributed by atoms with Crippen molar-refractivity contribution in [3.05, 3.63) is 35.9 Å². The molecule has 4 nitrogen and oxygen atoms in total. The van der Waals surface area contributed by atoms with Crippen LogP contribution < -0.4 is 0 Å². The normalized spacial score (nSPS) is 10.9. The van der Waals surface area contributed by atoms with E-state index in [4.69, 9.17) is 4.74 Å². The van der Waals surface area contributed by atoms with Crippen molar-refractivity contribution in [2.75, 3.05) is 14.2 Å². The minimum absolute atomic E-state index is 0.0568. The lowest BCUT2D eigenvalue weighted by Gasteiger charge is -2.02. The first-order valence-electron chi connectivity index (χ1n) is 4.04. The van der Waals surface area contributed by atoms with Crippen molar-refractivity contribution in [2.24, 2.45) is 5.16 Å². The quantitative estimate of drug-likeness (QED) is 0.316. The summed E-state index contributed by atoms with van der Waals surface area (Å²) in [6, 6.07) is 8.75. The van der Waals surface area contributed by atoms with Gasteiger partial charge in [0.05, 0.1) is 7.11 Å². The van der Waals surface area contributed by atoms with Crippen LogP contribution in [0.2, 0.25) is 0 Å². The number of ether oxygens (including phenoxy) is 1. The summed E-state index contributed by atoms with van der Waals surface area (Å²) < 4.78 is 4.78. The molecule has 0 saturated carbocycles. The van der Waals surface area contributed by atoms with Crippen LogP contribution in [0.4, 0.5) is 0 Å². The van der Waals surface area contributed by atoms with Crippen molar-refractivity contribution in [2.45, 2.75) is 0 Å². The van der Waals surface area contributed by atoms with Gasteiger partial charge in [0.1, 0.15) is 7.11 Å². The summed E-state index contributed by atoms with van der Waals surface area (Å²) in [7, 11) is 2.73. The number of carbonyl (C=O) groups is 1. The molecule has 0 unspecified atom stereocenters. The molecular formula is C10H11NO3. The monoisotopic (exact) mass is 193 g/mol. The molecule has 0 radical (unpaired) electrons. The highest BCUT2D eigenvalue weighted by molar-refractivity contribution is 6.42. The number of methoxy groups -OCH3 is 1. The van der Waals surface area contributed by atoms with Crippen molar-refractivity contribution in [3.63, 3.8) is 0 Å². The standard InChI is InChI=1S/C10H11NO3/c1-13-10(11-14-2)9(12)8-6-4-3-5-7-8/h3-7H,1-2H3. The Morgan fingerprint density at radius 1 is 1.21 bits per heavy atom. The molecule has 0 aliphatic heterocycles. The molecule has 74 valence electrons. The van der Waals surface area contributed by atoms with Gasteiger partial charge in [-0.05, 0) is 5.16 Å². The summed E-state index contributed by atoms with van der Waals surface area (Å²) in [5.41, 5.74) is 0.519. The first kappa shape index (κ1) is 10.2. The molecule has 0 aromatic heterocycles. The highest BCUT2D eigenvalue weighted by atomic mass is 16.6. The molecule has 0 aliphatic rings. The van der Waals surface area contributed by atoms with E-state index >= 15 is 0 Å². The summed E-state index contributed by atoms with van der Waals surface area (Å²) in [5, 5.41) is 3.46. The van der Waals surface area contributed by atoms with Crippen molar-refractivity contribution in [3.8, 4) is 0 Å². The summed E-state index contributed by atoms with van der Waals surface area (Å²) >= 11 is 0. The smallest absolute Gasteiger partial charge is 0.298 e. The minimum atomic E-state index is -0.296. The van der Waals surface area contributed by atoms with Gasteiger partial charge in [0.25, 0.3) is 11.7 Å². The average Bonchev–Trinajstić information content (AvgIpc) is 2.26. The van der Waals surface area contributed by atoms with Gasteiger partial charge in [0, 0.05) is 5.56 Å². The Hall–Kier alpha value is -1.84. The van der Waals surface area contributed by atoms with Crippen molar-refractivity contribution in [1.82, 2.24) is 0 Å². The SMILES string of the molecule is CON=C(OC)C(=O)c1ccccc1. The van der Waals surface area contributed by atoms with Gasteiger partial charge in [0.15, 0.2) is 0 Å². The molecule has 0 fully saturated rings. The minimum Gasteiger partial charge on any atom is -0.476 e. The maximum absolute atomic E-state index is 11.6. The summed E-state index contributed by atoms with van der Waals surface area (Å²) in [6.07, 6.45) is 0. The van der Waals surface area contributed by atoms with Gasteiger partial charge in [-0.25, -0.2) is 0 Å². The van der Waals surface area contributed by atoms with Crippen LogP contribution in [0.15, 0.2) is 35.5 Å². The van der Waals surface area contributed by atoms with E-state index in [1.807, 2.05) is 6.07 Å². The van der Waals surface area contributed by atoms with E-state index in [2.05, 4.69) is 9.99 Å². The molecule has 0 amide bonds. The fraction of sp³-hybridized carbons (Fsp3) is 0.200. The number of ketones is 1. The molecular weight excluding hydrogens is 182 g/mol. The number of benzene rings is 1. The first-order valence-corrected chi connectivity index (χ1v) is 4.04. The first-order chi connectivity index (χ1) is 6.79. The third-order valence-electron chi connectivity index (χ3n) is 1.60. The molecule has 0 atom stereocenters. The molecule has 0 aliphatic carbocycles. The second kappa shape index (κ2) is 5.01. The predicted molar refractivity (Wildman–Crippen MR) is 52.2 cm³/mol. The van der Waals surface area contributed by atoms with Gasteiger partial charge in [-0.2, -0.15) is 0 Å². The maximum atomic E-state index is 11.6. The Labute approximate surface area is 82.1 Å². The van der Waals surface area contributed by atoms with E-state index in [0.717, 1.165) is 0 Å². The number of hydrogen-bond acceptors (Lipinski definition) is 4. The van der Waals surface area contributed by atoms with E-state index in [0.29, 0.717) is 5.56 Å². The van der Waals surface area contributed by atoms with Gasteiger partial charge in [-0.3, -0.25) is 4.79 Å². The molecule has 0 bridgehead atoms. The third-order valence-corrected chi connectivity index (χ3v) is 1.60. The van der Waals surface area contributed by atoms with Crippen LogP contribution in [0, 0.1) is 0 Å². The lowest BCUT2D eigenvalue weighted by Crippen LogP contribution is -2.16. The second-order valence-electron chi connectivity index (χ2n) is 2.48. The zero-order valence-corrected chi connectivity index (χ0v) is 8.06. The summed E-state index contributed by atoms with van der Waals surface area (Å²) in [5.74, 6) is -0.353. The molecule has 1 aromatic carbocycles. The van der Waals surface area contributed by atoms with Crippen LogP contribution in [0.5, 0.6) is 0 Å². The zero-order chi connectivity index (χ0) is 10.4. The molecule has 0 saturated heterocycles. The number of hydrogen-bond donors (Lipinski definition) is 0. The number of nitrogens with zero attached hydrogens (tertiary/aromatic N) is 1. The van der Waals surface area contributed by atoms with E-state index in [-0.39, 0.29) is 11.7 Å². The molecule has 1 aromatic rings. The Balaban J connectivity index is 2.90. The maximum Gasteiger partial charge on any atom is 0.298 e. The molecule has 0 N–H and O–H groups in total. The topological polar surface area (TPSA) is 47.9 Å². The van der Waals surface area contributed by atoms with Gasteiger partial charge in [0.2, 0.25) is 0 Å². The Bertz CT molecular complexity index is 332. The highest BCUT2D eigenvalue weighted by Crippen LogP contribution is 2.02. The molecule has 1 rings (SSSR count). The second-order valence-corrected chi connectivity index (χ2v) is 2.48. The number of oxime groups is 1. The van der Waals surface area contributed by atoms with Crippen LogP contribution in [-0.2, 0) is 9.57 Å². The Morgan fingerprint density at radius 3 is 2.36 bits per heavy atom. The molecule has 0 spiro atoms. The van der Waals surface area contributed by atoms with Crippen molar-refractivity contribution < 1.29 is 14.4 Å². The van der Waals surface area contributed by atoms with Crippen LogP contribution in [0.3, 0.4) is 0 Å². The average molecular weight is 193 g/mol. The van der Waals surface area contributed by atoms with Gasteiger partial charge in [-0.1, -0.05) is 30.3 Å². The van der Waals surface area contributed by atoms with Crippen LogP contribution >= 0.6 is 0 Å². The van der Waals surface area contributed by atoms with E-state index in [9.17, 15) is 4.79 Å². The lowest BCUT2D eigenvalue weighted by molar-refractivity contribution is 0.102. The summed E-state index contributed by atoms with van der Waals surface area (Å²) in [4.78, 5) is 16.1. The van der Waals surface area contributed by atoms with Crippen LogP contribution in [0.25, 0.3) is 0 Å². The van der Waals surface area contributed by atoms with E-state index in [1.54, 1.807) is 24.3 Å². The number of rotatable bonds is 3. The predicted octanol–water partition coefficient (Wildman–Crippen LogP) is 1.48. The van der Waals surface area contributed by atoms with Gasteiger partial charge >= 0.3 is 0 Å². The van der Waals surface area contributed by atoms with E-state index in [1.165, 1.54) is 14.2 Å². The largest absolute Gasteiger partial charge is 0.476 e. The van der Waals surface area contributed by atoms with Gasteiger partial charge in [-0.15, -0.1) is 0 Å². The van der Waals surface area contributed by atoms with Crippen molar-refractivity contribution >= 4 is 11.7 Å². The Morgan fingerprint density at radius 2 is 1.86 bits per heavy atom. The van der Waals surface area contributed by atoms with Gasteiger partial charge < -0.3 is 9.57 Å². The number of Topliss-reactive ketones (excluding diaryl/α,β-unsaturated/α-hetero) is 1. The van der Waals surface area contributed by atoms with Crippen LogP contribution in [-0.4, -0.2) is 25.9 Å². The fourth-order valence-electron chi connectivity index (χ4n) is 0.967. The highest BCUT2D eigenvalue weighted by Gasteiger charge is 2.14. The molecule has 4 heteroatoms. The van der Waals surface area contributed by atoms with Crippen LogP contribution in [0.1, 0.15) is 10.4 Å². The fourth-order valence-corrected chi connectivity index (χ4v) is 0.967. The molecule has 0 heterocycles. The van der Waals surface area contributed by atoms with E-state index < -0.39 is 0 Å². The Kier molecular flexibility index (Phi) is 3.67. The van der Waals surface area contributed by atoms with Crippen molar-refractivity contribution in [1.29, 1.82) is 0 Å².